The molecule has 0 saturated carbocycles. The number of ether oxygens (including phenoxy) is 2. The van der Waals surface area contributed by atoms with Gasteiger partial charge in [0.05, 0.1) is 11.6 Å². The summed E-state index contributed by atoms with van der Waals surface area (Å²) in [4.78, 5) is 12.1. The molecule has 0 aliphatic rings. The van der Waals surface area contributed by atoms with Gasteiger partial charge in [0.15, 0.2) is 6.10 Å². The Hall–Kier alpha value is -2.10. The van der Waals surface area contributed by atoms with Gasteiger partial charge in [-0.15, -0.1) is 0 Å². The van der Waals surface area contributed by atoms with Gasteiger partial charge in [0, 0.05) is 5.69 Å². The highest BCUT2D eigenvalue weighted by Crippen LogP contribution is 2.28. The normalized spacial score (nSPS) is 12.3. The van der Waals surface area contributed by atoms with E-state index in [-0.39, 0.29) is 16.3 Å². The van der Waals surface area contributed by atoms with Gasteiger partial charge in [-0.05, 0) is 65.7 Å². The number of amides is 1. The molecule has 9 heteroatoms. The fraction of sp³-hybridized carbons (Fsp3) is 0.235. The smallest absolute Gasteiger partial charge is 0.265 e. The predicted octanol–water partition coefficient (Wildman–Crippen LogP) is 2.82. The molecule has 1 atom stereocenters. The SMILES string of the molecule is COc1ccc(NC(=O)C(C)Oc2ccc(C)cc2Br)cc1S(N)(=O)=O. The van der Waals surface area contributed by atoms with Crippen LogP contribution in [-0.2, 0) is 14.8 Å². The molecule has 0 aliphatic carbocycles. The largest absolute Gasteiger partial charge is 0.495 e. The zero-order chi connectivity index (χ0) is 19.5. The van der Waals surface area contributed by atoms with Crippen molar-refractivity contribution in [3.05, 3.63) is 46.4 Å². The summed E-state index contributed by atoms with van der Waals surface area (Å²) < 4.78 is 34.7. The number of halogens is 1. The number of aryl methyl sites for hydroxylation is 1. The highest BCUT2D eigenvalue weighted by atomic mass is 79.9. The van der Waals surface area contributed by atoms with E-state index in [0.29, 0.717) is 5.75 Å². The third-order valence-corrected chi connectivity index (χ3v) is 5.05. The first kappa shape index (κ1) is 20.2. The van der Waals surface area contributed by atoms with Gasteiger partial charge in [-0.3, -0.25) is 4.79 Å². The monoisotopic (exact) mass is 442 g/mol. The van der Waals surface area contributed by atoms with Crippen LogP contribution in [0, 0.1) is 6.92 Å². The van der Waals surface area contributed by atoms with Crippen molar-refractivity contribution in [2.75, 3.05) is 12.4 Å². The Labute approximate surface area is 160 Å². The average molecular weight is 443 g/mol. The van der Waals surface area contributed by atoms with Crippen molar-refractivity contribution in [1.82, 2.24) is 0 Å². The van der Waals surface area contributed by atoms with Crippen LogP contribution in [0.3, 0.4) is 0 Å². The van der Waals surface area contributed by atoms with Crippen LogP contribution >= 0.6 is 15.9 Å². The lowest BCUT2D eigenvalue weighted by atomic mass is 10.2. The van der Waals surface area contributed by atoms with E-state index >= 15 is 0 Å². The number of hydrogen-bond donors (Lipinski definition) is 2. The van der Waals surface area contributed by atoms with Gasteiger partial charge in [-0.2, -0.15) is 0 Å². The van der Waals surface area contributed by atoms with Crippen molar-refractivity contribution in [2.24, 2.45) is 5.14 Å². The molecule has 0 aromatic heterocycles. The van der Waals surface area contributed by atoms with E-state index in [1.807, 2.05) is 19.1 Å². The first-order chi connectivity index (χ1) is 12.1. The van der Waals surface area contributed by atoms with Crippen LogP contribution in [0.1, 0.15) is 12.5 Å². The van der Waals surface area contributed by atoms with Crippen LogP contribution < -0.4 is 19.9 Å². The molecule has 0 fully saturated rings. The van der Waals surface area contributed by atoms with E-state index < -0.39 is 22.0 Å². The van der Waals surface area contributed by atoms with Crippen molar-refractivity contribution in [1.29, 1.82) is 0 Å². The summed E-state index contributed by atoms with van der Waals surface area (Å²) >= 11 is 3.39. The quantitative estimate of drug-likeness (QED) is 0.714. The van der Waals surface area contributed by atoms with E-state index in [0.717, 1.165) is 10.0 Å². The van der Waals surface area contributed by atoms with E-state index in [4.69, 9.17) is 14.6 Å². The summed E-state index contributed by atoms with van der Waals surface area (Å²) in [7, 11) is -2.67. The Bertz CT molecular complexity index is 931. The maximum Gasteiger partial charge on any atom is 0.265 e. The molecule has 0 saturated heterocycles. The van der Waals surface area contributed by atoms with E-state index in [1.54, 1.807) is 13.0 Å². The summed E-state index contributed by atoms with van der Waals surface area (Å²) in [6, 6.07) is 9.67. The second kappa shape index (κ2) is 8.07. The molecule has 3 N–H and O–H groups in total. The molecule has 0 radical (unpaired) electrons. The molecule has 1 unspecified atom stereocenters. The highest BCUT2D eigenvalue weighted by molar-refractivity contribution is 9.10. The molecule has 2 rings (SSSR count). The number of nitrogens with one attached hydrogen (secondary N) is 1. The second-order valence-corrected chi connectivity index (χ2v) is 7.98. The molecule has 140 valence electrons. The zero-order valence-electron chi connectivity index (χ0n) is 14.4. The lowest BCUT2D eigenvalue weighted by Crippen LogP contribution is -2.30. The van der Waals surface area contributed by atoms with Crippen LogP contribution in [0.5, 0.6) is 11.5 Å². The van der Waals surface area contributed by atoms with Gasteiger partial charge in [-0.25, -0.2) is 13.6 Å². The molecule has 7 nitrogen and oxygen atoms in total. The van der Waals surface area contributed by atoms with Crippen molar-refractivity contribution in [2.45, 2.75) is 24.8 Å². The average Bonchev–Trinajstić information content (AvgIpc) is 2.56. The fourth-order valence-corrected chi connectivity index (χ4v) is 3.48. The molecule has 2 aromatic rings. The topological polar surface area (TPSA) is 108 Å². The maximum absolute atomic E-state index is 12.3. The van der Waals surface area contributed by atoms with Crippen molar-refractivity contribution >= 4 is 37.5 Å². The number of carbonyl (C=O) groups is 1. The summed E-state index contributed by atoms with van der Waals surface area (Å²) in [5.74, 6) is 0.180. The summed E-state index contributed by atoms with van der Waals surface area (Å²) in [5, 5.41) is 7.78. The molecule has 1 amide bonds. The minimum absolute atomic E-state index is 0.0957. The van der Waals surface area contributed by atoms with E-state index in [1.165, 1.54) is 25.3 Å². The minimum Gasteiger partial charge on any atom is -0.495 e. The highest BCUT2D eigenvalue weighted by Gasteiger charge is 2.19. The number of anilines is 1. The third kappa shape index (κ3) is 4.96. The Morgan fingerprint density at radius 3 is 2.42 bits per heavy atom. The van der Waals surface area contributed by atoms with Crippen LogP contribution in [0.15, 0.2) is 45.8 Å². The number of methoxy groups -OCH3 is 1. The van der Waals surface area contributed by atoms with Gasteiger partial charge >= 0.3 is 0 Å². The third-order valence-electron chi connectivity index (χ3n) is 3.50. The molecule has 0 bridgehead atoms. The van der Waals surface area contributed by atoms with Crippen LogP contribution in [-0.4, -0.2) is 27.5 Å². The van der Waals surface area contributed by atoms with Crippen molar-refractivity contribution < 1.29 is 22.7 Å². The lowest BCUT2D eigenvalue weighted by molar-refractivity contribution is -0.122. The van der Waals surface area contributed by atoms with Crippen molar-refractivity contribution in [3.63, 3.8) is 0 Å². The Morgan fingerprint density at radius 2 is 1.85 bits per heavy atom. The van der Waals surface area contributed by atoms with Crippen LogP contribution in [0.25, 0.3) is 0 Å². The maximum atomic E-state index is 12.3. The standard InChI is InChI=1S/C17H19BrN2O5S/c1-10-4-6-14(13(18)8-10)25-11(2)17(21)20-12-5-7-15(24-3)16(9-12)26(19,22)23/h4-9,11H,1-3H3,(H,20,21)(H2,19,22,23). The van der Waals surface area contributed by atoms with Crippen LogP contribution in [0.2, 0.25) is 0 Å². The Morgan fingerprint density at radius 1 is 1.19 bits per heavy atom. The van der Waals surface area contributed by atoms with Crippen LogP contribution in [0.4, 0.5) is 5.69 Å². The molecule has 0 aliphatic heterocycles. The molecule has 0 spiro atoms. The van der Waals surface area contributed by atoms with Gasteiger partial charge in [0.1, 0.15) is 16.4 Å². The molecular weight excluding hydrogens is 424 g/mol. The number of sulfonamides is 1. The number of rotatable bonds is 6. The number of carbonyl (C=O) groups excluding carboxylic acids is 1. The minimum atomic E-state index is -4.00. The molecular formula is C17H19BrN2O5S. The fourth-order valence-electron chi connectivity index (χ4n) is 2.17. The van der Waals surface area contributed by atoms with Gasteiger partial charge in [0.25, 0.3) is 5.91 Å². The number of nitrogens with two attached hydrogens (primary N) is 1. The summed E-state index contributed by atoms with van der Waals surface area (Å²) in [6.07, 6.45) is -0.811. The molecule has 0 heterocycles. The number of hydrogen-bond acceptors (Lipinski definition) is 5. The number of benzene rings is 2. The zero-order valence-corrected chi connectivity index (χ0v) is 16.8. The Balaban J connectivity index is 2.16. The van der Waals surface area contributed by atoms with E-state index in [2.05, 4.69) is 21.2 Å². The van der Waals surface area contributed by atoms with Gasteiger partial charge < -0.3 is 14.8 Å². The number of primary sulfonamides is 1. The van der Waals surface area contributed by atoms with E-state index in [9.17, 15) is 13.2 Å². The Kier molecular flexibility index (Phi) is 6.27. The summed E-state index contributed by atoms with van der Waals surface area (Å²) in [6.45, 7) is 3.53. The second-order valence-electron chi connectivity index (χ2n) is 5.59. The molecule has 26 heavy (non-hydrogen) atoms. The van der Waals surface area contributed by atoms with Gasteiger partial charge in [0.2, 0.25) is 10.0 Å². The first-order valence-corrected chi connectivity index (χ1v) is 9.90. The van der Waals surface area contributed by atoms with Gasteiger partial charge in [-0.1, -0.05) is 6.07 Å². The summed E-state index contributed by atoms with van der Waals surface area (Å²) in [5.41, 5.74) is 1.31. The lowest BCUT2D eigenvalue weighted by Gasteiger charge is -2.16. The predicted molar refractivity (Wildman–Crippen MR) is 102 cm³/mol. The first-order valence-electron chi connectivity index (χ1n) is 7.56. The molecule has 2 aromatic carbocycles. The van der Waals surface area contributed by atoms with Crippen molar-refractivity contribution in [3.8, 4) is 11.5 Å².